The molecule has 0 radical (unpaired) electrons. The Balaban J connectivity index is 1.96. The largest absolute Gasteiger partial charge is 0.382 e. The molecular weight excluding hydrogens is 329 g/mol. The molecule has 0 bridgehead atoms. The molecule has 8 heteroatoms. The number of halogens is 2. The van der Waals surface area contributed by atoms with Gasteiger partial charge in [0.25, 0.3) is 0 Å². The number of hydrogen-bond donors (Lipinski definition) is 0. The Labute approximate surface area is 137 Å². The fourth-order valence-electron chi connectivity index (χ4n) is 2.47. The highest BCUT2D eigenvalue weighted by atomic mass is 35.5. The fourth-order valence-corrected chi connectivity index (χ4v) is 3.02. The van der Waals surface area contributed by atoms with E-state index >= 15 is 0 Å². The summed E-state index contributed by atoms with van der Waals surface area (Å²) in [6.45, 7) is 1.17. The van der Waals surface area contributed by atoms with Gasteiger partial charge in [0.1, 0.15) is 25.3 Å². The molecule has 0 N–H and O–H groups in total. The molecule has 1 fully saturated rings. The molecular formula is C14H15Cl2N3O3. The van der Waals surface area contributed by atoms with Crippen LogP contribution in [0.3, 0.4) is 0 Å². The molecule has 22 heavy (non-hydrogen) atoms. The van der Waals surface area contributed by atoms with Gasteiger partial charge in [-0.3, -0.25) is 0 Å². The monoisotopic (exact) mass is 343 g/mol. The SMILES string of the molecule is COC[C@@H]1COC(Cn2cncn2)(c2ccc(Cl)cc2Cl)O1. The van der Waals surface area contributed by atoms with E-state index < -0.39 is 5.79 Å². The summed E-state index contributed by atoms with van der Waals surface area (Å²) in [4.78, 5) is 3.94. The van der Waals surface area contributed by atoms with Gasteiger partial charge >= 0.3 is 0 Å². The van der Waals surface area contributed by atoms with E-state index in [1.165, 1.54) is 6.33 Å². The van der Waals surface area contributed by atoms with Crippen molar-refractivity contribution < 1.29 is 14.2 Å². The lowest BCUT2D eigenvalue weighted by Gasteiger charge is -2.29. The van der Waals surface area contributed by atoms with Gasteiger partial charge in [-0.15, -0.1) is 0 Å². The highest BCUT2D eigenvalue weighted by molar-refractivity contribution is 6.35. The Bertz CT molecular complexity index is 638. The molecule has 1 saturated heterocycles. The molecule has 2 atom stereocenters. The van der Waals surface area contributed by atoms with Crippen molar-refractivity contribution >= 4 is 23.2 Å². The van der Waals surface area contributed by atoms with Crippen molar-refractivity contribution in [3.8, 4) is 0 Å². The summed E-state index contributed by atoms with van der Waals surface area (Å²) in [5.74, 6) is -1.04. The van der Waals surface area contributed by atoms with Gasteiger partial charge in [-0.05, 0) is 12.1 Å². The van der Waals surface area contributed by atoms with Crippen LogP contribution in [0, 0.1) is 0 Å². The topological polar surface area (TPSA) is 58.4 Å². The first-order valence-corrected chi connectivity index (χ1v) is 7.47. The highest BCUT2D eigenvalue weighted by Gasteiger charge is 2.45. The predicted molar refractivity (Wildman–Crippen MR) is 80.9 cm³/mol. The highest BCUT2D eigenvalue weighted by Crippen LogP contribution is 2.40. The van der Waals surface area contributed by atoms with Gasteiger partial charge in [0.15, 0.2) is 0 Å². The van der Waals surface area contributed by atoms with E-state index in [2.05, 4.69) is 10.1 Å². The van der Waals surface area contributed by atoms with E-state index in [0.717, 1.165) is 0 Å². The summed E-state index contributed by atoms with van der Waals surface area (Å²) < 4.78 is 18.9. The number of ether oxygens (including phenoxy) is 3. The van der Waals surface area contributed by atoms with Crippen LogP contribution in [-0.4, -0.2) is 41.2 Å². The van der Waals surface area contributed by atoms with E-state index in [9.17, 15) is 0 Å². The van der Waals surface area contributed by atoms with Crippen LogP contribution >= 0.6 is 23.2 Å². The zero-order valence-electron chi connectivity index (χ0n) is 11.9. The fraction of sp³-hybridized carbons (Fsp3) is 0.429. The lowest BCUT2D eigenvalue weighted by Crippen LogP contribution is -2.34. The second-order valence-electron chi connectivity index (χ2n) is 4.98. The number of methoxy groups -OCH3 is 1. The van der Waals surface area contributed by atoms with Crippen molar-refractivity contribution in [2.45, 2.75) is 18.4 Å². The number of aromatic nitrogens is 3. The van der Waals surface area contributed by atoms with Crippen molar-refractivity contribution in [2.24, 2.45) is 0 Å². The van der Waals surface area contributed by atoms with Crippen LogP contribution in [-0.2, 0) is 26.5 Å². The molecule has 1 aromatic carbocycles. The Kier molecular flexibility index (Phi) is 4.65. The number of nitrogens with zero attached hydrogens (tertiary/aromatic N) is 3. The third kappa shape index (κ3) is 3.11. The van der Waals surface area contributed by atoms with Crippen LogP contribution < -0.4 is 0 Å². The van der Waals surface area contributed by atoms with E-state index in [1.807, 2.05) is 0 Å². The Morgan fingerprint density at radius 2 is 2.32 bits per heavy atom. The van der Waals surface area contributed by atoms with Gasteiger partial charge in [-0.2, -0.15) is 5.10 Å². The Morgan fingerprint density at radius 1 is 1.45 bits per heavy atom. The summed E-state index contributed by atoms with van der Waals surface area (Å²) in [5.41, 5.74) is 0.702. The second-order valence-corrected chi connectivity index (χ2v) is 5.82. The standard InChI is InChI=1S/C14H15Cl2N3O3/c1-20-5-11-6-21-14(22-11,7-19-9-17-8-18-19)12-3-2-10(15)4-13(12)16/h2-4,8-9,11H,5-7H2,1H3/t11-,14?/m1/s1. The summed E-state index contributed by atoms with van der Waals surface area (Å²) in [6, 6.07) is 5.22. The zero-order chi connectivity index (χ0) is 15.6. The summed E-state index contributed by atoms with van der Waals surface area (Å²) in [6.07, 6.45) is 2.88. The van der Waals surface area contributed by atoms with Crippen LogP contribution in [0.15, 0.2) is 30.9 Å². The lowest BCUT2D eigenvalue weighted by atomic mass is 10.1. The van der Waals surface area contributed by atoms with Crippen molar-refractivity contribution in [3.63, 3.8) is 0 Å². The van der Waals surface area contributed by atoms with Gasteiger partial charge in [-0.1, -0.05) is 29.3 Å². The van der Waals surface area contributed by atoms with Crippen LogP contribution in [0.2, 0.25) is 10.0 Å². The molecule has 6 nitrogen and oxygen atoms in total. The molecule has 1 unspecified atom stereocenters. The van der Waals surface area contributed by atoms with Crippen LogP contribution in [0.1, 0.15) is 5.56 Å². The first-order chi connectivity index (χ1) is 10.6. The molecule has 0 aliphatic carbocycles. The smallest absolute Gasteiger partial charge is 0.217 e. The summed E-state index contributed by atoms with van der Waals surface area (Å²) in [7, 11) is 1.62. The van der Waals surface area contributed by atoms with Crippen LogP contribution in [0.25, 0.3) is 0 Å². The number of rotatable bonds is 5. The molecule has 3 rings (SSSR count). The first kappa shape index (κ1) is 15.7. The maximum Gasteiger partial charge on any atom is 0.217 e. The summed E-state index contributed by atoms with van der Waals surface area (Å²) in [5, 5.41) is 5.14. The average molecular weight is 344 g/mol. The van der Waals surface area contributed by atoms with Crippen molar-refractivity contribution in [1.29, 1.82) is 0 Å². The molecule has 2 heterocycles. The molecule has 1 aliphatic heterocycles. The van der Waals surface area contributed by atoms with E-state index in [1.54, 1.807) is 36.3 Å². The van der Waals surface area contributed by atoms with Gasteiger partial charge < -0.3 is 14.2 Å². The van der Waals surface area contributed by atoms with Crippen LogP contribution in [0.4, 0.5) is 0 Å². The molecule has 0 saturated carbocycles. The normalized spacial score (nSPS) is 24.8. The first-order valence-electron chi connectivity index (χ1n) is 6.71. The number of hydrogen-bond acceptors (Lipinski definition) is 5. The molecule has 1 aromatic heterocycles. The third-order valence-corrected chi connectivity index (χ3v) is 3.94. The Morgan fingerprint density at radius 3 is 3.00 bits per heavy atom. The van der Waals surface area contributed by atoms with Crippen molar-refractivity contribution in [2.75, 3.05) is 20.3 Å². The molecule has 0 spiro atoms. The second kappa shape index (κ2) is 6.52. The maximum absolute atomic E-state index is 6.34. The van der Waals surface area contributed by atoms with Crippen LogP contribution in [0.5, 0.6) is 0 Å². The van der Waals surface area contributed by atoms with Gasteiger partial charge in [0, 0.05) is 17.7 Å². The average Bonchev–Trinajstić information content (AvgIpc) is 3.10. The zero-order valence-corrected chi connectivity index (χ0v) is 13.4. The minimum Gasteiger partial charge on any atom is -0.382 e. The van der Waals surface area contributed by atoms with E-state index in [0.29, 0.717) is 35.4 Å². The van der Waals surface area contributed by atoms with E-state index in [-0.39, 0.29) is 6.10 Å². The minimum absolute atomic E-state index is 0.180. The quantitative estimate of drug-likeness (QED) is 0.834. The molecule has 1 aliphatic rings. The predicted octanol–water partition coefficient (Wildman–Crippen LogP) is 2.50. The van der Waals surface area contributed by atoms with Gasteiger partial charge in [0.2, 0.25) is 5.79 Å². The number of benzene rings is 1. The Hall–Kier alpha value is -1.18. The van der Waals surface area contributed by atoms with Crippen molar-refractivity contribution in [3.05, 3.63) is 46.5 Å². The van der Waals surface area contributed by atoms with Gasteiger partial charge in [0.05, 0.1) is 18.2 Å². The van der Waals surface area contributed by atoms with Gasteiger partial charge in [-0.25, -0.2) is 9.67 Å². The molecule has 2 aromatic rings. The molecule has 0 amide bonds. The summed E-state index contributed by atoms with van der Waals surface area (Å²) >= 11 is 12.3. The minimum atomic E-state index is -1.04. The van der Waals surface area contributed by atoms with Crippen molar-refractivity contribution in [1.82, 2.24) is 14.8 Å². The van der Waals surface area contributed by atoms with E-state index in [4.69, 9.17) is 37.4 Å². The maximum atomic E-state index is 6.34. The lowest BCUT2D eigenvalue weighted by molar-refractivity contribution is -0.192. The third-order valence-electron chi connectivity index (χ3n) is 3.39. The molecule has 118 valence electrons.